The largest absolute Gasteiger partial charge is 0.489 e. The standard InChI is InChI=1S/C20H23N7O5/c1-3-26-14(6-10(2)25-26)18(29)24-20-23-13-7-11(17(21)28)8-15-16(13)27(20)12(9-32-15)4-5-31-19(22)30/h6-8,12H,3-5,9H2,1-2H3,(H2,21,28)(H2,22,30)(H,23,24,29)/t12-/m0/s1. The number of rotatable bonds is 7. The monoisotopic (exact) mass is 441 g/mol. The van der Waals surface area contributed by atoms with E-state index < -0.39 is 12.0 Å². The molecule has 0 bridgehead atoms. The van der Waals surface area contributed by atoms with Gasteiger partial charge in [0.15, 0.2) is 0 Å². The third-order valence-electron chi connectivity index (χ3n) is 5.19. The molecule has 168 valence electrons. The molecule has 1 aliphatic heterocycles. The molecule has 3 heterocycles. The Bertz CT molecular complexity index is 1230. The number of nitrogens with one attached hydrogen (secondary N) is 1. The Labute approximate surface area is 182 Å². The van der Waals surface area contributed by atoms with Crippen LogP contribution in [0.25, 0.3) is 11.0 Å². The van der Waals surface area contributed by atoms with Crippen molar-refractivity contribution in [2.24, 2.45) is 11.5 Å². The number of aryl methyl sites for hydroxylation is 2. The van der Waals surface area contributed by atoms with Crippen LogP contribution in [-0.4, -0.2) is 50.5 Å². The first kappa shape index (κ1) is 21.2. The molecular weight excluding hydrogens is 418 g/mol. The highest BCUT2D eigenvalue weighted by molar-refractivity contribution is 6.04. The van der Waals surface area contributed by atoms with E-state index in [-0.39, 0.29) is 36.7 Å². The first-order valence-corrected chi connectivity index (χ1v) is 10.0. The van der Waals surface area contributed by atoms with Crippen molar-refractivity contribution in [2.75, 3.05) is 18.5 Å². The van der Waals surface area contributed by atoms with Gasteiger partial charge in [0.05, 0.1) is 23.9 Å². The summed E-state index contributed by atoms with van der Waals surface area (Å²) in [5, 5.41) is 7.14. The summed E-state index contributed by atoms with van der Waals surface area (Å²) in [5.74, 6) is -0.312. The van der Waals surface area contributed by atoms with E-state index in [1.807, 2.05) is 6.92 Å². The third kappa shape index (κ3) is 3.82. The maximum absolute atomic E-state index is 13.0. The normalized spacial score (nSPS) is 14.8. The molecule has 4 rings (SSSR count). The van der Waals surface area contributed by atoms with Crippen molar-refractivity contribution in [1.29, 1.82) is 0 Å². The second-order valence-electron chi connectivity index (χ2n) is 7.37. The van der Waals surface area contributed by atoms with Gasteiger partial charge in [-0.1, -0.05) is 0 Å². The summed E-state index contributed by atoms with van der Waals surface area (Å²) in [6.07, 6.45) is -0.499. The average Bonchev–Trinajstić information content (AvgIpc) is 3.30. The van der Waals surface area contributed by atoms with Crippen LogP contribution in [0.5, 0.6) is 5.75 Å². The Kier molecular flexibility index (Phi) is 5.43. The molecule has 1 aliphatic rings. The number of ether oxygens (including phenoxy) is 2. The molecule has 0 saturated carbocycles. The summed E-state index contributed by atoms with van der Waals surface area (Å²) in [6, 6.07) is 4.47. The first-order chi connectivity index (χ1) is 15.3. The van der Waals surface area contributed by atoms with Crippen LogP contribution in [0.4, 0.5) is 10.7 Å². The topological polar surface area (TPSA) is 169 Å². The Morgan fingerprint density at radius 1 is 1.28 bits per heavy atom. The van der Waals surface area contributed by atoms with Gasteiger partial charge in [-0.2, -0.15) is 5.10 Å². The van der Waals surface area contributed by atoms with Crippen molar-refractivity contribution in [3.8, 4) is 5.75 Å². The molecule has 3 aromatic rings. The lowest BCUT2D eigenvalue weighted by atomic mass is 10.1. The molecule has 0 radical (unpaired) electrons. The van der Waals surface area contributed by atoms with Crippen LogP contribution >= 0.6 is 0 Å². The number of benzene rings is 1. The van der Waals surface area contributed by atoms with Crippen molar-refractivity contribution in [3.05, 3.63) is 35.2 Å². The summed E-state index contributed by atoms with van der Waals surface area (Å²) in [4.78, 5) is 40.2. The minimum Gasteiger partial charge on any atom is -0.489 e. The molecule has 0 unspecified atom stereocenters. The highest BCUT2D eigenvalue weighted by Crippen LogP contribution is 2.38. The predicted octanol–water partition coefficient (Wildman–Crippen LogP) is 1.33. The van der Waals surface area contributed by atoms with Gasteiger partial charge in [-0.3, -0.25) is 19.6 Å². The van der Waals surface area contributed by atoms with E-state index in [4.69, 9.17) is 20.9 Å². The lowest BCUT2D eigenvalue weighted by Crippen LogP contribution is -2.27. The Morgan fingerprint density at radius 2 is 2.06 bits per heavy atom. The summed E-state index contributed by atoms with van der Waals surface area (Å²) in [5.41, 5.74) is 12.9. The number of nitrogens with zero attached hydrogens (tertiary/aromatic N) is 4. The number of amides is 3. The number of anilines is 1. The molecule has 5 N–H and O–H groups in total. The third-order valence-corrected chi connectivity index (χ3v) is 5.19. The fourth-order valence-electron chi connectivity index (χ4n) is 3.79. The van der Waals surface area contributed by atoms with Gasteiger partial charge in [0, 0.05) is 18.5 Å². The molecule has 0 aliphatic carbocycles. The molecule has 3 amide bonds. The van der Waals surface area contributed by atoms with Crippen molar-refractivity contribution in [2.45, 2.75) is 32.9 Å². The lowest BCUT2D eigenvalue weighted by molar-refractivity contribution is 0.0995. The number of hydrogen-bond acceptors (Lipinski definition) is 7. The molecule has 0 saturated heterocycles. The van der Waals surface area contributed by atoms with Crippen LogP contribution in [-0.2, 0) is 11.3 Å². The second-order valence-corrected chi connectivity index (χ2v) is 7.37. The van der Waals surface area contributed by atoms with Crippen LogP contribution in [0.3, 0.4) is 0 Å². The van der Waals surface area contributed by atoms with Crippen molar-refractivity contribution >= 4 is 34.9 Å². The van der Waals surface area contributed by atoms with E-state index >= 15 is 0 Å². The molecule has 12 heteroatoms. The second kappa shape index (κ2) is 8.21. The smallest absolute Gasteiger partial charge is 0.404 e. The van der Waals surface area contributed by atoms with E-state index in [0.717, 1.165) is 5.69 Å². The van der Waals surface area contributed by atoms with E-state index in [9.17, 15) is 14.4 Å². The zero-order valence-electron chi connectivity index (χ0n) is 17.6. The molecule has 1 atom stereocenters. The van der Waals surface area contributed by atoms with Gasteiger partial charge < -0.3 is 25.5 Å². The quantitative estimate of drug-likeness (QED) is 0.496. The number of nitrogens with two attached hydrogens (primary N) is 2. The molecular formula is C20H23N7O5. The molecule has 2 aromatic heterocycles. The van der Waals surface area contributed by atoms with Crippen LogP contribution in [0.1, 0.15) is 45.9 Å². The van der Waals surface area contributed by atoms with Gasteiger partial charge in [-0.15, -0.1) is 0 Å². The fourth-order valence-corrected chi connectivity index (χ4v) is 3.79. The zero-order chi connectivity index (χ0) is 23.0. The summed E-state index contributed by atoms with van der Waals surface area (Å²) in [6.45, 7) is 4.49. The van der Waals surface area contributed by atoms with E-state index in [0.29, 0.717) is 35.4 Å². The Hall–Kier alpha value is -4.09. The minimum atomic E-state index is -0.874. The molecule has 32 heavy (non-hydrogen) atoms. The van der Waals surface area contributed by atoms with E-state index in [1.54, 1.807) is 34.4 Å². The highest BCUT2D eigenvalue weighted by Gasteiger charge is 2.29. The van der Waals surface area contributed by atoms with Crippen molar-refractivity contribution in [1.82, 2.24) is 19.3 Å². The van der Waals surface area contributed by atoms with Gasteiger partial charge in [0.2, 0.25) is 11.9 Å². The van der Waals surface area contributed by atoms with Gasteiger partial charge in [-0.05, 0) is 32.0 Å². The summed E-state index contributed by atoms with van der Waals surface area (Å²) >= 11 is 0. The number of hydrogen-bond donors (Lipinski definition) is 3. The molecule has 12 nitrogen and oxygen atoms in total. The minimum absolute atomic E-state index is 0.0624. The zero-order valence-corrected chi connectivity index (χ0v) is 17.6. The number of imidazole rings is 1. The maximum atomic E-state index is 13.0. The number of carbonyl (C=O) groups excluding carboxylic acids is 3. The number of primary amides is 2. The maximum Gasteiger partial charge on any atom is 0.404 e. The van der Waals surface area contributed by atoms with Crippen LogP contribution in [0.2, 0.25) is 0 Å². The van der Waals surface area contributed by atoms with Crippen LogP contribution in [0.15, 0.2) is 18.2 Å². The average molecular weight is 441 g/mol. The Morgan fingerprint density at radius 3 is 2.75 bits per heavy atom. The van der Waals surface area contributed by atoms with Crippen LogP contribution in [0, 0.1) is 6.92 Å². The van der Waals surface area contributed by atoms with Gasteiger partial charge >= 0.3 is 6.09 Å². The summed E-state index contributed by atoms with van der Waals surface area (Å²) in [7, 11) is 0. The van der Waals surface area contributed by atoms with Crippen LogP contribution < -0.4 is 21.5 Å². The van der Waals surface area contributed by atoms with Gasteiger partial charge in [0.25, 0.3) is 5.91 Å². The SMILES string of the molecule is CCn1nc(C)cc1C(=O)Nc1nc2cc(C(N)=O)cc3c2n1[C@@H](CCOC(N)=O)CO3. The predicted molar refractivity (Wildman–Crippen MR) is 114 cm³/mol. The highest BCUT2D eigenvalue weighted by atomic mass is 16.5. The van der Waals surface area contributed by atoms with Gasteiger partial charge in [-0.25, -0.2) is 9.78 Å². The summed E-state index contributed by atoms with van der Waals surface area (Å²) < 4.78 is 14.1. The molecule has 1 aromatic carbocycles. The van der Waals surface area contributed by atoms with E-state index in [2.05, 4.69) is 15.4 Å². The van der Waals surface area contributed by atoms with Gasteiger partial charge in [0.1, 0.15) is 23.6 Å². The molecule has 0 spiro atoms. The lowest BCUT2D eigenvalue weighted by Gasteiger charge is -2.27. The first-order valence-electron chi connectivity index (χ1n) is 10.0. The Balaban J connectivity index is 1.76. The van der Waals surface area contributed by atoms with Crippen molar-refractivity contribution < 1.29 is 23.9 Å². The molecule has 0 fully saturated rings. The number of aromatic nitrogens is 4. The van der Waals surface area contributed by atoms with E-state index in [1.165, 1.54) is 0 Å². The number of carbonyl (C=O) groups is 3. The van der Waals surface area contributed by atoms with Crippen molar-refractivity contribution in [3.63, 3.8) is 0 Å². The fraction of sp³-hybridized carbons (Fsp3) is 0.350.